The highest BCUT2D eigenvalue weighted by Gasteiger charge is 2.31. The fourth-order valence-corrected chi connectivity index (χ4v) is 3.09. The van der Waals surface area contributed by atoms with Gasteiger partial charge in [0.25, 0.3) is 0 Å². The summed E-state index contributed by atoms with van der Waals surface area (Å²) in [7, 11) is 1.54. The van der Waals surface area contributed by atoms with Crippen molar-refractivity contribution in [1.29, 1.82) is 0 Å². The van der Waals surface area contributed by atoms with E-state index >= 15 is 0 Å². The zero-order valence-electron chi connectivity index (χ0n) is 16.6. The number of anilines is 2. The highest BCUT2D eigenvalue weighted by Crippen LogP contribution is 2.43. The molecule has 0 saturated heterocycles. The fourth-order valence-electron chi connectivity index (χ4n) is 3.09. The van der Waals surface area contributed by atoms with Gasteiger partial charge in [-0.15, -0.1) is 0 Å². The molecule has 2 N–H and O–H groups in total. The molecule has 0 bridgehead atoms. The monoisotopic (exact) mass is 370 g/mol. The number of benzene rings is 1. The number of rotatable bonds is 3. The van der Waals surface area contributed by atoms with Crippen LogP contribution in [-0.2, 0) is 9.59 Å². The Balaban J connectivity index is 2.08. The summed E-state index contributed by atoms with van der Waals surface area (Å²) in [6.45, 7) is 9.45. The summed E-state index contributed by atoms with van der Waals surface area (Å²) >= 11 is 0. The molecule has 1 aromatic carbocycles. The lowest BCUT2D eigenvalue weighted by Gasteiger charge is -2.27. The van der Waals surface area contributed by atoms with Gasteiger partial charge in [-0.1, -0.05) is 20.8 Å². The second-order valence-electron chi connectivity index (χ2n) is 8.04. The lowest BCUT2D eigenvalue weighted by Crippen LogP contribution is -2.28. The zero-order chi connectivity index (χ0) is 19.9. The lowest BCUT2D eigenvalue weighted by molar-refractivity contribution is -0.123. The van der Waals surface area contributed by atoms with Crippen LogP contribution < -0.4 is 15.4 Å². The van der Waals surface area contributed by atoms with Gasteiger partial charge in [-0.25, -0.2) is 0 Å². The van der Waals surface area contributed by atoms with E-state index in [9.17, 15) is 9.59 Å². The number of hydrogen-bond donors (Lipinski definition) is 2. The molecule has 0 aliphatic carbocycles. The molecule has 1 aromatic heterocycles. The molecule has 144 valence electrons. The van der Waals surface area contributed by atoms with E-state index in [2.05, 4.69) is 10.6 Å². The molecule has 0 radical (unpaired) electrons. The number of carbonyl (C=O) groups is 2. The largest absolute Gasteiger partial charge is 0.494 e. The number of nitrogens with one attached hydrogen (secondary N) is 2. The molecular weight excluding hydrogens is 344 g/mol. The summed E-state index contributed by atoms with van der Waals surface area (Å²) in [6, 6.07) is 5.59. The number of carbonyl (C=O) groups excluding carboxylic acids is 2. The van der Waals surface area contributed by atoms with Crippen molar-refractivity contribution >= 4 is 23.2 Å². The molecule has 1 unspecified atom stereocenters. The maximum absolute atomic E-state index is 12.5. The quantitative estimate of drug-likeness (QED) is 0.841. The van der Waals surface area contributed by atoms with Gasteiger partial charge in [0.1, 0.15) is 17.3 Å². The summed E-state index contributed by atoms with van der Waals surface area (Å²) in [4.78, 5) is 24.7. The number of amides is 2. The standard InChI is InChI=1S/C21H26N2O4/c1-11-7-17(27-12(11)2)14-9-19(24)22-15-10-18(26-6)16(8-13(14)15)23-20(25)21(3,4)5/h7-8,10,14H,9H2,1-6H3,(H,22,24)(H,23,25). The van der Waals surface area contributed by atoms with E-state index in [1.807, 2.05) is 46.8 Å². The molecule has 0 fully saturated rings. The molecule has 2 aromatic rings. The second kappa shape index (κ2) is 6.76. The number of fused-ring (bicyclic) bond motifs is 1. The van der Waals surface area contributed by atoms with Crippen molar-refractivity contribution in [1.82, 2.24) is 0 Å². The van der Waals surface area contributed by atoms with Crippen LogP contribution >= 0.6 is 0 Å². The lowest BCUT2D eigenvalue weighted by atomic mass is 9.87. The van der Waals surface area contributed by atoms with Crippen LogP contribution in [0.15, 0.2) is 22.6 Å². The summed E-state index contributed by atoms with van der Waals surface area (Å²) in [5.41, 5.74) is 2.66. The van der Waals surface area contributed by atoms with Crippen LogP contribution in [0.5, 0.6) is 5.75 Å². The summed E-state index contributed by atoms with van der Waals surface area (Å²) in [6.07, 6.45) is 0.290. The smallest absolute Gasteiger partial charge is 0.229 e. The van der Waals surface area contributed by atoms with Crippen LogP contribution in [0.25, 0.3) is 0 Å². The van der Waals surface area contributed by atoms with E-state index in [0.29, 0.717) is 23.5 Å². The first-order valence-corrected chi connectivity index (χ1v) is 9.00. The van der Waals surface area contributed by atoms with Crippen molar-refractivity contribution in [2.75, 3.05) is 17.7 Å². The van der Waals surface area contributed by atoms with E-state index in [-0.39, 0.29) is 17.7 Å². The number of ether oxygens (including phenoxy) is 1. The van der Waals surface area contributed by atoms with Crippen LogP contribution in [0, 0.1) is 19.3 Å². The van der Waals surface area contributed by atoms with Gasteiger partial charge in [0.05, 0.1) is 18.7 Å². The normalized spacial score (nSPS) is 16.5. The first-order valence-electron chi connectivity index (χ1n) is 9.00. The molecule has 2 heterocycles. The minimum atomic E-state index is -0.538. The van der Waals surface area contributed by atoms with Gasteiger partial charge in [-0.05, 0) is 37.1 Å². The van der Waals surface area contributed by atoms with Gasteiger partial charge in [0.2, 0.25) is 11.8 Å². The zero-order valence-corrected chi connectivity index (χ0v) is 16.6. The average molecular weight is 370 g/mol. The fraction of sp³-hybridized carbons (Fsp3) is 0.429. The third kappa shape index (κ3) is 3.70. The van der Waals surface area contributed by atoms with E-state index in [1.165, 1.54) is 7.11 Å². The van der Waals surface area contributed by atoms with Crippen molar-refractivity contribution in [2.45, 2.75) is 47.0 Å². The minimum Gasteiger partial charge on any atom is -0.494 e. The Morgan fingerprint density at radius 2 is 1.96 bits per heavy atom. The predicted octanol–water partition coefficient (Wildman–Crippen LogP) is 4.36. The van der Waals surface area contributed by atoms with Crippen molar-refractivity contribution in [3.05, 3.63) is 40.8 Å². The van der Waals surface area contributed by atoms with E-state index < -0.39 is 5.41 Å². The van der Waals surface area contributed by atoms with Crippen LogP contribution in [0.1, 0.15) is 55.8 Å². The van der Waals surface area contributed by atoms with Crippen LogP contribution in [0.2, 0.25) is 0 Å². The van der Waals surface area contributed by atoms with Crippen molar-refractivity contribution in [2.24, 2.45) is 5.41 Å². The summed E-state index contributed by atoms with van der Waals surface area (Å²) < 4.78 is 11.3. The number of methoxy groups -OCH3 is 1. The Morgan fingerprint density at radius 1 is 1.26 bits per heavy atom. The number of hydrogen-bond acceptors (Lipinski definition) is 4. The van der Waals surface area contributed by atoms with Gasteiger partial charge < -0.3 is 19.8 Å². The Kier molecular flexibility index (Phi) is 4.76. The van der Waals surface area contributed by atoms with Crippen LogP contribution in [-0.4, -0.2) is 18.9 Å². The number of furan rings is 1. The molecule has 0 saturated carbocycles. The van der Waals surface area contributed by atoms with Crippen LogP contribution in [0.4, 0.5) is 11.4 Å². The number of aryl methyl sites for hydroxylation is 2. The van der Waals surface area contributed by atoms with E-state index in [1.54, 1.807) is 6.07 Å². The van der Waals surface area contributed by atoms with Gasteiger partial charge in [-0.2, -0.15) is 0 Å². The SMILES string of the molecule is COc1cc2c(cc1NC(=O)C(C)(C)C)C(c1cc(C)c(C)o1)CC(=O)N2. The van der Waals surface area contributed by atoms with Crippen molar-refractivity contribution in [3.8, 4) is 5.75 Å². The highest BCUT2D eigenvalue weighted by molar-refractivity contribution is 5.99. The molecule has 0 spiro atoms. The molecule has 6 heteroatoms. The average Bonchev–Trinajstić information content (AvgIpc) is 2.91. The maximum atomic E-state index is 12.5. The molecule has 1 aliphatic rings. The molecule has 1 atom stereocenters. The van der Waals surface area contributed by atoms with Crippen molar-refractivity contribution in [3.63, 3.8) is 0 Å². The Morgan fingerprint density at radius 3 is 2.52 bits per heavy atom. The van der Waals surface area contributed by atoms with E-state index in [0.717, 1.165) is 22.6 Å². The first-order chi connectivity index (χ1) is 12.6. The third-order valence-electron chi connectivity index (χ3n) is 4.87. The van der Waals surface area contributed by atoms with E-state index in [4.69, 9.17) is 9.15 Å². The molecule has 2 amide bonds. The third-order valence-corrected chi connectivity index (χ3v) is 4.87. The predicted molar refractivity (Wildman–Crippen MR) is 104 cm³/mol. The van der Waals surface area contributed by atoms with Gasteiger partial charge in [0, 0.05) is 23.6 Å². The Hall–Kier alpha value is -2.76. The summed E-state index contributed by atoms with van der Waals surface area (Å²) in [5, 5.41) is 5.84. The van der Waals surface area contributed by atoms with Gasteiger partial charge >= 0.3 is 0 Å². The van der Waals surface area contributed by atoms with Gasteiger partial charge in [0.15, 0.2) is 0 Å². The topological polar surface area (TPSA) is 80.6 Å². The first kappa shape index (κ1) is 19.0. The minimum absolute atomic E-state index is 0.0762. The van der Waals surface area contributed by atoms with Crippen molar-refractivity contribution < 1.29 is 18.7 Å². The van der Waals surface area contributed by atoms with Gasteiger partial charge in [-0.3, -0.25) is 9.59 Å². The molecule has 1 aliphatic heterocycles. The molecule has 3 rings (SSSR count). The van der Waals surface area contributed by atoms with Crippen LogP contribution in [0.3, 0.4) is 0 Å². The molecule has 27 heavy (non-hydrogen) atoms. The highest BCUT2D eigenvalue weighted by atomic mass is 16.5. The Labute approximate surface area is 159 Å². The maximum Gasteiger partial charge on any atom is 0.229 e. The second-order valence-corrected chi connectivity index (χ2v) is 8.04. The summed E-state index contributed by atoms with van der Waals surface area (Å²) in [5.74, 6) is 1.69. The Bertz CT molecular complexity index is 886. The molecular formula is C21H26N2O4. The molecule has 6 nitrogen and oxygen atoms in total.